The van der Waals surface area contributed by atoms with E-state index in [-0.39, 0.29) is 19.8 Å². The molecule has 1 unspecified atom stereocenters. The summed E-state index contributed by atoms with van der Waals surface area (Å²) in [6.07, 6.45) is -2.12. The molecule has 0 aromatic carbocycles. The van der Waals surface area contributed by atoms with Crippen molar-refractivity contribution in [2.24, 2.45) is 0 Å². The smallest absolute Gasteiger partial charge is 0.435 e. The van der Waals surface area contributed by atoms with Crippen molar-refractivity contribution in [3.05, 3.63) is 0 Å². The van der Waals surface area contributed by atoms with E-state index in [4.69, 9.17) is 4.74 Å². The summed E-state index contributed by atoms with van der Waals surface area (Å²) in [6, 6.07) is 0. The summed E-state index contributed by atoms with van der Waals surface area (Å²) in [6.45, 7) is 5.34. The van der Waals surface area contributed by atoms with Crippen LogP contribution in [0.5, 0.6) is 0 Å². The fourth-order valence-electron chi connectivity index (χ4n) is 0.695. The zero-order chi connectivity index (χ0) is 11.7. The zero-order valence-electron chi connectivity index (χ0n) is 9.15. The number of rotatable bonds is 5. The highest BCUT2D eigenvalue weighted by Gasteiger charge is 2.12. The Morgan fingerprint density at radius 3 is 2.07 bits per heavy atom. The second kappa shape index (κ2) is 7.90. The van der Waals surface area contributed by atoms with E-state index >= 15 is 0 Å². The van der Waals surface area contributed by atoms with Crippen molar-refractivity contribution in [2.75, 3.05) is 19.8 Å². The minimum Gasteiger partial charge on any atom is -0.435 e. The highest BCUT2D eigenvalue weighted by molar-refractivity contribution is 5.60. The summed E-state index contributed by atoms with van der Waals surface area (Å²) >= 11 is 0. The molecule has 0 N–H and O–H groups in total. The van der Waals surface area contributed by atoms with E-state index in [1.54, 1.807) is 20.8 Å². The van der Waals surface area contributed by atoms with Crippen molar-refractivity contribution in [3.8, 4) is 0 Å². The normalized spacial score (nSPS) is 11.4. The molecule has 0 bridgehead atoms. The van der Waals surface area contributed by atoms with Crippen LogP contribution in [0.4, 0.5) is 9.59 Å². The van der Waals surface area contributed by atoms with E-state index in [1.165, 1.54) is 0 Å². The molecule has 0 amide bonds. The first kappa shape index (κ1) is 13.5. The monoisotopic (exact) mass is 220 g/mol. The molecule has 0 rings (SSSR count). The third kappa shape index (κ3) is 7.60. The summed E-state index contributed by atoms with van der Waals surface area (Å²) in [5, 5.41) is 0. The molecule has 0 radical (unpaired) electrons. The Morgan fingerprint density at radius 1 is 1.00 bits per heavy atom. The lowest BCUT2D eigenvalue weighted by molar-refractivity contribution is -0.00841. The number of ether oxygens (including phenoxy) is 4. The minimum absolute atomic E-state index is 0.0579. The standard InChI is InChI=1S/C9H16O6/c1-4-12-8(10)14-6-7(3)15-9(11)13-5-2/h7H,4-6H2,1-3H3. The first-order valence-corrected chi connectivity index (χ1v) is 4.73. The minimum atomic E-state index is -0.781. The Labute approximate surface area is 88.4 Å². The van der Waals surface area contributed by atoms with E-state index in [1.807, 2.05) is 0 Å². The number of carbonyl (C=O) groups excluding carboxylic acids is 2. The van der Waals surface area contributed by atoms with Gasteiger partial charge in [-0.2, -0.15) is 0 Å². The summed E-state index contributed by atoms with van der Waals surface area (Å²) in [5.41, 5.74) is 0. The molecule has 0 spiro atoms. The molecule has 0 heterocycles. The van der Waals surface area contributed by atoms with Gasteiger partial charge in [-0.3, -0.25) is 0 Å². The van der Waals surface area contributed by atoms with E-state index < -0.39 is 18.4 Å². The fraction of sp³-hybridized carbons (Fsp3) is 0.778. The maximum atomic E-state index is 10.8. The lowest BCUT2D eigenvalue weighted by Gasteiger charge is -2.12. The number of carbonyl (C=O) groups is 2. The Balaban J connectivity index is 3.60. The molecule has 6 nitrogen and oxygen atoms in total. The molecule has 0 aliphatic heterocycles. The van der Waals surface area contributed by atoms with Gasteiger partial charge in [-0.15, -0.1) is 0 Å². The van der Waals surface area contributed by atoms with Crippen LogP contribution in [0.25, 0.3) is 0 Å². The average Bonchev–Trinajstić information content (AvgIpc) is 2.15. The second-order valence-electron chi connectivity index (χ2n) is 2.61. The molecule has 0 saturated heterocycles. The van der Waals surface area contributed by atoms with Crippen LogP contribution in [0.2, 0.25) is 0 Å². The summed E-state index contributed by atoms with van der Waals surface area (Å²) in [5.74, 6) is 0. The largest absolute Gasteiger partial charge is 0.508 e. The van der Waals surface area contributed by atoms with E-state index in [0.29, 0.717) is 0 Å². The molecule has 0 aliphatic rings. The summed E-state index contributed by atoms with van der Waals surface area (Å²) < 4.78 is 18.4. The second-order valence-corrected chi connectivity index (χ2v) is 2.61. The van der Waals surface area contributed by atoms with Crippen LogP contribution in [-0.4, -0.2) is 38.2 Å². The molecule has 0 aromatic rings. The molecule has 0 aromatic heterocycles. The molecule has 0 saturated carbocycles. The van der Waals surface area contributed by atoms with Gasteiger partial charge in [0.15, 0.2) is 0 Å². The van der Waals surface area contributed by atoms with Crippen LogP contribution in [0.1, 0.15) is 20.8 Å². The Kier molecular flexibility index (Phi) is 7.13. The molecule has 1 atom stereocenters. The van der Waals surface area contributed by atoms with Crippen LogP contribution in [-0.2, 0) is 18.9 Å². The van der Waals surface area contributed by atoms with Crippen molar-refractivity contribution in [1.29, 1.82) is 0 Å². The number of hydrogen-bond acceptors (Lipinski definition) is 6. The van der Waals surface area contributed by atoms with Crippen molar-refractivity contribution in [1.82, 2.24) is 0 Å². The van der Waals surface area contributed by atoms with Crippen LogP contribution in [0.3, 0.4) is 0 Å². The van der Waals surface area contributed by atoms with Gasteiger partial charge in [0, 0.05) is 0 Å². The van der Waals surface area contributed by atoms with E-state index in [0.717, 1.165) is 0 Å². The summed E-state index contributed by atoms with van der Waals surface area (Å²) in [7, 11) is 0. The summed E-state index contributed by atoms with van der Waals surface area (Å²) in [4.78, 5) is 21.6. The van der Waals surface area contributed by atoms with Gasteiger partial charge in [0.05, 0.1) is 13.2 Å². The zero-order valence-corrected chi connectivity index (χ0v) is 9.15. The molecule has 0 fully saturated rings. The molecule has 88 valence electrons. The topological polar surface area (TPSA) is 71.1 Å². The van der Waals surface area contributed by atoms with Gasteiger partial charge in [0.25, 0.3) is 0 Å². The average molecular weight is 220 g/mol. The van der Waals surface area contributed by atoms with Gasteiger partial charge >= 0.3 is 12.3 Å². The van der Waals surface area contributed by atoms with Crippen LogP contribution in [0, 0.1) is 0 Å². The highest BCUT2D eigenvalue weighted by atomic mass is 16.7. The number of hydrogen-bond donors (Lipinski definition) is 0. The van der Waals surface area contributed by atoms with Gasteiger partial charge in [-0.25, -0.2) is 9.59 Å². The van der Waals surface area contributed by atoms with Gasteiger partial charge in [0.2, 0.25) is 0 Å². The lowest BCUT2D eigenvalue weighted by atomic mass is 10.4. The van der Waals surface area contributed by atoms with Crippen LogP contribution >= 0.6 is 0 Å². The van der Waals surface area contributed by atoms with Gasteiger partial charge < -0.3 is 18.9 Å². The third-order valence-corrected chi connectivity index (χ3v) is 1.26. The highest BCUT2D eigenvalue weighted by Crippen LogP contribution is 1.97. The van der Waals surface area contributed by atoms with Gasteiger partial charge in [-0.05, 0) is 20.8 Å². The Morgan fingerprint density at radius 2 is 1.53 bits per heavy atom. The SMILES string of the molecule is CCOC(=O)OCC(C)OC(=O)OCC. The Hall–Kier alpha value is -1.46. The maximum absolute atomic E-state index is 10.8. The molecular formula is C9H16O6. The van der Waals surface area contributed by atoms with E-state index in [9.17, 15) is 9.59 Å². The molecule has 0 aliphatic carbocycles. The van der Waals surface area contributed by atoms with Crippen molar-refractivity contribution >= 4 is 12.3 Å². The predicted molar refractivity (Wildman–Crippen MR) is 50.5 cm³/mol. The van der Waals surface area contributed by atoms with E-state index in [2.05, 4.69) is 14.2 Å². The van der Waals surface area contributed by atoms with Crippen LogP contribution < -0.4 is 0 Å². The van der Waals surface area contributed by atoms with Gasteiger partial charge in [-0.1, -0.05) is 0 Å². The fourth-order valence-corrected chi connectivity index (χ4v) is 0.695. The predicted octanol–water partition coefficient (Wildman–Crippen LogP) is 1.72. The van der Waals surface area contributed by atoms with Crippen LogP contribution in [0.15, 0.2) is 0 Å². The van der Waals surface area contributed by atoms with Gasteiger partial charge in [0.1, 0.15) is 12.7 Å². The molecular weight excluding hydrogens is 204 g/mol. The first-order chi connectivity index (χ1) is 7.10. The van der Waals surface area contributed by atoms with Crippen molar-refractivity contribution in [3.63, 3.8) is 0 Å². The molecule has 6 heteroatoms. The van der Waals surface area contributed by atoms with Crippen molar-refractivity contribution in [2.45, 2.75) is 26.9 Å². The maximum Gasteiger partial charge on any atom is 0.508 e. The quantitative estimate of drug-likeness (QED) is 0.657. The Bertz CT molecular complexity index is 203. The van der Waals surface area contributed by atoms with Crippen molar-refractivity contribution < 1.29 is 28.5 Å². The lowest BCUT2D eigenvalue weighted by Crippen LogP contribution is -2.23. The third-order valence-electron chi connectivity index (χ3n) is 1.26. The first-order valence-electron chi connectivity index (χ1n) is 4.73. The molecule has 15 heavy (non-hydrogen) atoms.